The van der Waals surface area contributed by atoms with E-state index in [1.165, 1.54) is 29.9 Å². The van der Waals surface area contributed by atoms with Crippen molar-refractivity contribution in [3.8, 4) is 11.4 Å². The van der Waals surface area contributed by atoms with Crippen molar-refractivity contribution in [3.63, 3.8) is 0 Å². The number of anilines is 1. The maximum absolute atomic E-state index is 13.8. The highest BCUT2D eigenvalue weighted by Crippen LogP contribution is 2.17. The molecular formula is C30H28N6O5. The maximum Gasteiger partial charge on any atom is 0.336 e. The highest BCUT2D eigenvalue weighted by atomic mass is 16.5. The predicted molar refractivity (Wildman–Crippen MR) is 155 cm³/mol. The summed E-state index contributed by atoms with van der Waals surface area (Å²) >= 11 is 0. The summed E-state index contributed by atoms with van der Waals surface area (Å²) in [5, 5.41) is 12.4. The van der Waals surface area contributed by atoms with Gasteiger partial charge in [0.2, 0.25) is 5.91 Å². The number of aryl methyl sites for hydroxylation is 2. The van der Waals surface area contributed by atoms with Gasteiger partial charge in [0.1, 0.15) is 12.3 Å². The number of nitrogens with zero attached hydrogens (tertiary/aromatic N) is 3. The Hall–Kier alpha value is -5.45. The van der Waals surface area contributed by atoms with Crippen molar-refractivity contribution in [1.82, 2.24) is 24.6 Å². The molecule has 208 valence electrons. The van der Waals surface area contributed by atoms with Crippen LogP contribution in [0.2, 0.25) is 0 Å². The van der Waals surface area contributed by atoms with Crippen molar-refractivity contribution in [1.29, 1.82) is 0 Å². The molecular weight excluding hydrogens is 524 g/mol. The van der Waals surface area contributed by atoms with Crippen LogP contribution >= 0.6 is 0 Å². The number of amides is 2. The largest absolute Gasteiger partial charge is 0.497 e. The summed E-state index contributed by atoms with van der Waals surface area (Å²) in [7, 11) is 1.51. The molecule has 0 aliphatic heterocycles. The minimum absolute atomic E-state index is 0.154. The molecule has 0 aliphatic carbocycles. The van der Waals surface area contributed by atoms with Gasteiger partial charge in [0.05, 0.1) is 23.7 Å². The van der Waals surface area contributed by atoms with E-state index < -0.39 is 23.7 Å². The summed E-state index contributed by atoms with van der Waals surface area (Å²) < 4.78 is 7.35. The summed E-state index contributed by atoms with van der Waals surface area (Å²) in [6, 6.07) is 20.3. The number of nitrogens with one attached hydrogen (secondary N) is 3. The van der Waals surface area contributed by atoms with Gasteiger partial charge in [0, 0.05) is 23.9 Å². The van der Waals surface area contributed by atoms with Crippen molar-refractivity contribution in [3.05, 3.63) is 116 Å². The number of benzene rings is 3. The molecule has 0 fully saturated rings. The molecule has 5 rings (SSSR count). The van der Waals surface area contributed by atoms with Gasteiger partial charge in [-0.25, -0.2) is 9.36 Å². The van der Waals surface area contributed by atoms with Crippen molar-refractivity contribution in [2.45, 2.75) is 26.9 Å². The first-order chi connectivity index (χ1) is 19.7. The molecule has 11 heteroatoms. The molecule has 2 amide bonds. The number of hydrogen-bond acceptors (Lipinski definition) is 6. The van der Waals surface area contributed by atoms with E-state index >= 15 is 0 Å². The fourth-order valence-electron chi connectivity index (χ4n) is 4.42. The van der Waals surface area contributed by atoms with Gasteiger partial charge in [-0.1, -0.05) is 29.8 Å². The number of methoxy groups -OCH3 is 1. The number of carbonyl (C=O) groups is 2. The average molecular weight is 553 g/mol. The van der Waals surface area contributed by atoms with Crippen molar-refractivity contribution >= 4 is 28.5 Å². The SMILES string of the molecule is COc1ccc(-n2c(=O)c3ccc(C(=O)NCc4ccc(C)cc4)cc3n(CC(=O)Nc3cc(C)[nH]n3)c2=O)cc1. The third-order valence-corrected chi connectivity index (χ3v) is 6.59. The van der Waals surface area contributed by atoms with Crippen LogP contribution < -0.4 is 26.6 Å². The van der Waals surface area contributed by atoms with E-state index in [2.05, 4.69) is 20.8 Å². The third kappa shape index (κ3) is 5.78. The lowest BCUT2D eigenvalue weighted by Crippen LogP contribution is -2.41. The van der Waals surface area contributed by atoms with Gasteiger partial charge in [-0.15, -0.1) is 0 Å². The second-order valence-corrected chi connectivity index (χ2v) is 9.59. The summed E-state index contributed by atoms with van der Waals surface area (Å²) in [6.07, 6.45) is 0. The van der Waals surface area contributed by atoms with Gasteiger partial charge >= 0.3 is 5.69 Å². The van der Waals surface area contributed by atoms with E-state index in [0.717, 1.165) is 21.4 Å². The van der Waals surface area contributed by atoms with Crippen LogP contribution in [0, 0.1) is 13.8 Å². The lowest BCUT2D eigenvalue weighted by molar-refractivity contribution is -0.116. The number of rotatable bonds is 8. The topological polar surface area (TPSA) is 140 Å². The highest BCUT2D eigenvalue weighted by Gasteiger charge is 2.19. The Balaban J connectivity index is 1.56. The second-order valence-electron chi connectivity index (χ2n) is 9.59. The molecule has 0 atom stereocenters. The zero-order chi connectivity index (χ0) is 29.1. The zero-order valence-corrected chi connectivity index (χ0v) is 22.7. The van der Waals surface area contributed by atoms with E-state index in [4.69, 9.17) is 4.74 Å². The number of aromatic nitrogens is 4. The Kier molecular flexibility index (Phi) is 7.51. The molecule has 0 radical (unpaired) electrons. The summed E-state index contributed by atoms with van der Waals surface area (Å²) in [5.41, 5.74) is 2.16. The average Bonchev–Trinajstić information content (AvgIpc) is 3.38. The van der Waals surface area contributed by atoms with Crippen LogP contribution in [0.5, 0.6) is 5.75 Å². The molecule has 11 nitrogen and oxygen atoms in total. The monoisotopic (exact) mass is 552 g/mol. The lowest BCUT2D eigenvalue weighted by atomic mass is 10.1. The Morgan fingerprint density at radius 2 is 1.68 bits per heavy atom. The second kappa shape index (κ2) is 11.3. The molecule has 0 saturated carbocycles. The molecule has 41 heavy (non-hydrogen) atoms. The molecule has 2 aromatic heterocycles. The number of ether oxygens (including phenoxy) is 1. The Morgan fingerprint density at radius 1 is 0.951 bits per heavy atom. The normalized spacial score (nSPS) is 10.9. The van der Waals surface area contributed by atoms with Gasteiger partial charge in [0.25, 0.3) is 11.5 Å². The van der Waals surface area contributed by atoms with Gasteiger partial charge in [-0.3, -0.25) is 24.0 Å². The minimum atomic E-state index is -0.738. The van der Waals surface area contributed by atoms with Crippen LogP contribution in [0.3, 0.4) is 0 Å². The highest BCUT2D eigenvalue weighted by molar-refractivity contribution is 5.98. The van der Waals surface area contributed by atoms with Gasteiger partial charge in [0.15, 0.2) is 5.82 Å². The summed E-state index contributed by atoms with van der Waals surface area (Å²) in [4.78, 5) is 53.4. The van der Waals surface area contributed by atoms with Crippen LogP contribution in [0.1, 0.15) is 27.2 Å². The summed E-state index contributed by atoms with van der Waals surface area (Å²) in [6.45, 7) is 3.65. The predicted octanol–water partition coefficient (Wildman–Crippen LogP) is 3.07. The Labute approximate surface area is 234 Å². The minimum Gasteiger partial charge on any atom is -0.497 e. The molecule has 0 spiro atoms. The number of hydrogen-bond donors (Lipinski definition) is 3. The molecule has 2 heterocycles. The summed E-state index contributed by atoms with van der Waals surface area (Å²) in [5.74, 6) is -0.0707. The molecule has 3 N–H and O–H groups in total. The van der Waals surface area contributed by atoms with Crippen LogP contribution in [0.25, 0.3) is 16.6 Å². The lowest BCUT2D eigenvalue weighted by Gasteiger charge is -2.15. The van der Waals surface area contributed by atoms with Crippen LogP contribution in [-0.2, 0) is 17.9 Å². The van der Waals surface area contributed by atoms with Crippen LogP contribution in [-0.4, -0.2) is 38.3 Å². The van der Waals surface area contributed by atoms with Gasteiger partial charge in [-0.05, 0) is 61.9 Å². The van der Waals surface area contributed by atoms with E-state index in [0.29, 0.717) is 23.8 Å². The van der Waals surface area contributed by atoms with Crippen LogP contribution in [0.15, 0.2) is 82.4 Å². The molecule has 0 aliphatic rings. The van der Waals surface area contributed by atoms with Gasteiger partial charge < -0.3 is 15.4 Å². The number of aromatic amines is 1. The van der Waals surface area contributed by atoms with Crippen molar-refractivity contribution in [2.75, 3.05) is 12.4 Å². The van der Waals surface area contributed by atoms with Gasteiger partial charge in [-0.2, -0.15) is 5.10 Å². The fourth-order valence-corrected chi connectivity index (χ4v) is 4.42. The van der Waals surface area contributed by atoms with E-state index in [9.17, 15) is 19.2 Å². The van der Waals surface area contributed by atoms with Crippen molar-refractivity contribution < 1.29 is 14.3 Å². The van der Waals surface area contributed by atoms with E-state index in [1.54, 1.807) is 37.3 Å². The molecule has 5 aromatic rings. The first-order valence-corrected chi connectivity index (χ1v) is 12.8. The zero-order valence-electron chi connectivity index (χ0n) is 22.7. The van der Waals surface area contributed by atoms with E-state index in [1.807, 2.05) is 31.2 Å². The first kappa shape index (κ1) is 27.1. The first-order valence-electron chi connectivity index (χ1n) is 12.8. The fraction of sp³-hybridized carbons (Fsp3) is 0.167. The smallest absolute Gasteiger partial charge is 0.336 e. The third-order valence-electron chi connectivity index (χ3n) is 6.59. The molecule has 0 bridgehead atoms. The Bertz CT molecular complexity index is 1870. The number of carbonyl (C=O) groups excluding carboxylic acids is 2. The van der Waals surface area contributed by atoms with E-state index in [-0.39, 0.29) is 22.4 Å². The Morgan fingerprint density at radius 3 is 2.34 bits per heavy atom. The quantitative estimate of drug-likeness (QED) is 0.270. The number of H-pyrrole nitrogens is 1. The standard InChI is InChI=1S/C30H28N6O5/c1-18-4-6-20(7-5-18)16-31-28(38)21-8-13-24-25(15-21)35(17-27(37)32-26-14-19(2)33-34-26)30(40)36(29(24)39)22-9-11-23(41-3)12-10-22/h4-15H,16-17H2,1-3H3,(H,31,38)(H2,32,33,34,37). The van der Waals surface area contributed by atoms with Crippen molar-refractivity contribution in [2.24, 2.45) is 0 Å². The van der Waals surface area contributed by atoms with Crippen LogP contribution in [0.4, 0.5) is 5.82 Å². The molecule has 3 aromatic carbocycles. The number of fused-ring (bicyclic) bond motifs is 1. The molecule has 0 unspecified atom stereocenters. The maximum atomic E-state index is 13.8. The molecule has 0 saturated heterocycles.